The van der Waals surface area contributed by atoms with Crippen LogP contribution in [0.15, 0.2) is 24.5 Å². The SMILES string of the molecule is Cc1cc(NC(=O)Cn2nncc2C)ccn1. The van der Waals surface area contributed by atoms with Crippen LogP contribution in [0.3, 0.4) is 0 Å². The lowest BCUT2D eigenvalue weighted by Crippen LogP contribution is -2.20. The van der Waals surface area contributed by atoms with Crippen molar-refractivity contribution < 1.29 is 4.79 Å². The molecular weight excluding hydrogens is 218 g/mol. The van der Waals surface area contributed by atoms with Crippen molar-refractivity contribution in [3.63, 3.8) is 0 Å². The number of nitrogens with zero attached hydrogens (tertiary/aromatic N) is 4. The first-order valence-corrected chi connectivity index (χ1v) is 5.23. The zero-order valence-corrected chi connectivity index (χ0v) is 9.71. The topological polar surface area (TPSA) is 72.7 Å². The van der Waals surface area contributed by atoms with Crippen LogP contribution in [0.1, 0.15) is 11.4 Å². The van der Waals surface area contributed by atoms with Crippen LogP contribution in [-0.2, 0) is 11.3 Å². The van der Waals surface area contributed by atoms with Gasteiger partial charge in [0.05, 0.1) is 11.9 Å². The summed E-state index contributed by atoms with van der Waals surface area (Å²) in [6.07, 6.45) is 3.27. The molecule has 1 N–H and O–H groups in total. The molecule has 6 heteroatoms. The summed E-state index contributed by atoms with van der Waals surface area (Å²) in [6.45, 7) is 3.88. The van der Waals surface area contributed by atoms with Crippen molar-refractivity contribution in [1.29, 1.82) is 0 Å². The van der Waals surface area contributed by atoms with E-state index in [1.807, 2.05) is 19.9 Å². The van der Waals surface area contributed by atoms with Crippen LogP contribution in [0.5, 0.6) is 0 Å². The van der Waals surface area contributed by atoms with Crippen molar-refractivity contribution in [1.82, 2.24) is 20.0 Å². The highest BCUT2D eigenvalue weighted by Crippen LogP contribution is 2.07. The average Bonchev–Trinajstić information content (AvgIpc) is 2.64. The number of hydrogen-bond donors (Lipinski definition) is 1. The molecule has 1 amide bonds. The predicted octanol–water partition coefficient (Wildman–Crippen LogP) is 0.929. The molecule has 0 aromatic carbocycles. The molecule has 2 aromatic rings. The van der Waals surface area contributed by atoms with Gasteiger partial charge in [-0.05, 0) is 26.0 Å². The van der Waals surface area contributed by atoms with Crippen LogP contribution in [0.25, 0.3) is 0 Å². The van der Waals surface area contributed by atoms with E-state index < -0.39 is 0 Å². The number of rotatable bonds is 3. The van der Waals surface area contributed by atoms with Crippen LogP contribution in [0.4, 0.5) is 5.69 Å². The van der Waals surface area contributed by atoms with Gasteiger partial charge in [-0.2, -0.15) is 0 Å². The van der Waals surface area contributed by atoms with Crippen LogP contribution in [0.2, 0.25) is 0 Å². The summed E-state index contributed by atoms with van der Waals surface area (Å²) in [7, 11) is 0. The van der Waals surface area contributed by atoms with Gasteiger partial charge in [0.15, 0.2) is 0 Å². The van der Waals surface area contributed by atoms with Crippen molar-refractivity contribution in [2.75, 3.05) is 5.32 Å². The van der Waals surface area contributed by atoms with E-state index in [1.54, 1.807) is 23.1 Å². The number of pyridine rings is 1. The third kappa shape index (κ3) is 2.87. The van der Waals surface area contributed by atoms with Crippen LogP contribution >= 0.6 is 0 Å². The van der Waals surface area contributed by atoms with Gasteiger partial charge in [-0.25, -0.2) is 4.68 Å². The molecule has 17 heavy (non-hydrogen) atoms. The standard InChI is InChI=1S/C11H13N5O/c1-8-5-10(3-4-12-8)14-11(17)7-16-9(2)6-13-15-16/h3-6H,7H2,1-2H3,(H,12,14,17). The molecule has 0 aliphatic carbocycles. The second kappa shape index (κ2) is 4.73. The maximum Gasteiger partial charge on any atom is 0.246 e. The van der Waals surface area contributed by atoms with Gasteiger partial charge in [0.1, 0.15) is 6.54 Å². The van der Waals surface area contributed by atoms with E-state index in [0.717, 1.165) is 17.1 Å². The first-order chi connectivity index (χ1) is 8.15. The number of carbonyl (C=O) groups is 1. The Labute approximate surface area is 98.7 Å². The van der Waals surface area contributed by atoms with Crippen LogP contribution in [-0.4, -0.2) is 25.9 Å². The second-order valence-corrected chi connectivity index (χ2v) is 3.77. The molecule has 0 aliphatic rings. The lowest BCUT2D eigenvalue weighted by molar-refractivity contribution is -0.117. The molecule has 2 rings (SSSR count). The van der Waals surface area contributed by atoms with Crippen molar-refractivity contribution in [3.05, 3.63) is 35.9 Å². The highest BCUT2D eigenvalue weighted by molar-refractivity contribution is 5.90. The molecule has 0 bridgehead atoms. The Hall–Kier alpha value is -2.24. The summed E-state index contributed by atoms with van der Waals surface area (Å²) in [5.41, 5.74) is 2.45. The van der Waals surface area contributed by atoms with E-state index in [0.29, 0.717) is 0 Å². The maximum absolute atomic E-state index is 11.7. The number of aromatic nitrogens is 4. The number of amides is 1. The van der Waals surface area contributed by atoms with Crippen molar-refractivity contribution in [3.8, 4) is 0 Å². The number of nitrogens with one attached hydrogen (secondary N) is 1. The fourth-order valence-electron chi connectivity index (χ4n) is 1.43. The fraction of sp³-hybridized carbons (Fsp3) is 0.273. The smallest absolute Gasteiger partial charge is 0.246 e. The monoisotopic (exact) mass is 231 g/mol. The Balaban J connectivity index is 2.01. The Morgan fingerprint density at radius 3 is 2.94 bits per heavy atom. The Morgan fingerprint density at radius 1 is 1.47 bits per heavy atom. The third-order valence-corrected chi connectivity index (χ3v) is 2.29. The van der Waals surface area contributed by atoms with Crippen molar-refractivity contribution in [2.24, 2.45) is 0 Å². The predicted molar refractivity (Wildman–Crippen MR) is 62.4 cm³/mol. The number of hydrogen-bond acceptors (Lipinski definition) is 4. The lowest BCUT2D eigenvalue weighted by atomic mass is 10.3. The molecule has 0 atom stereocenters. The fourth-order valence-corrected chi connectivity index (χ4v) is 1.43. The van der Waals surface area contributed by atoms with Gasteiger partial charge in [0.2, 0.25) is 5.91 Å². The minimum absolute atomic E-state index is 0.135. The van der Waals surface area contributed by atoms with Gasteiger partial charge in [0, 0.05) is 17.6 Å². The van der Waals surface area contributed by atoms with Gasteiger partial charge < -0.3 is 5.32 Å². The summed E-state index contributed by atoms with van der Waals surface area (Å²) >= 11 is 0. The molecule has 0 saturated carbocycles. The Bertz CT molecular complexity index is 534. The zero-order chi connectivity index (χ0) is 12.3. The van der Waals surface area contributed by atoms with E-state index in [4.69, 9.17) is 0 Å². The summed E-state index contributed by atoms with van der Waals surface area (Å²) in [5.74, 6) is -0.135. The Morgan fingerprint density at radius 2 is 2.29 bits per heavy atom. The molecule has 0 aliphatic heterocycles. The van der Waals surface area contributed by atoms with Gasteiger partial charge in [-0.3, -0.25) is 9.78 Å². The molecule has 6 nitrogen and oxygen atoms in total. The highest BCUT2D eigenvalue weighted by Gasteiger charge is 2.06. The van der Waals surface area contributed by atoms with Crippen molar-refractivity contribution in [2.45, 2.75) is 20.4 Å². The lowest BCUT2D eigenvalue weighted by Gasteiger charge is -2.06. The molecule has 0 saturated heterocycles. The molecule has 2 aromatic heterocycles. The van der Waals surface area contributed by atoms with Gasteiger partial charge in [0.25, 0.3) is 0 Å². The number of anilines is 1. The first kappa shape index (κ1) is 11.3. The molecular formula is C11H13N5O. The maximum atomic E-state index is 11.7. The highest BCUT2D eigenvalue weighted by atomic mass is 16.2. The molecule has 2 heterocycles. The minimum atomic E-state index is -0.135. The van der Waals surface area contributed by atoms with Crippen molar-refractivity contribution >= 4 is 11.6 Å². The molecule has 0 radical (unpaired) electrons. The van der Waals surface area contributed by atoms with Crippen LogP contribution in [0, 0.1) is 13.8 Å². The molecule has 88 valence electrons. The summed E-state index contributed by atoms with van der Waals surface area (Å²) in [5, 5.41) is 10.3. The quantitative estimate of drug-likeness (QED) is 0.852. The van der Waals surface area contributed by atoms with E-state index in [1.165, 1.54) is 0 Å². The minimum Gasteiger partial charge on any atom is -0.324 e. The van der Waals surface area contributed by atoms with Gasteiger partial charge >= 0.3 is 0 Å². The van der Waals surface area contributed by atoms with E-state index in [-0.39, 0.29) is 12.5 Å². The molecule has 0 spiro atoms. The Kier molecular flexibility index (Phi) is 3.13. The number of aryl methyl sites for hydroxylation is 2. The first-order valence-electron chi connectivity index (χ1n) is 5.23. The zero-order valence-electron chi connectivity index (χ0n) is 9.71. The average molecular weight is 231 g/mol. The summed E-state index contributed by atoms with van der Waals surface area (Å²) in [6, 6.07) is 3.56. The normalized spacial score (nSPS) is 10.2. The third-order valence-electron chi connectivity index (χ3n) is 2.29. The van der Waals surface area contributed by atoms with E-state index in [9.17, 15) is 4.79 Å². The summed E-state index contributed by atoms with van der Waals surface area (Å²) < 4.78 is 1.55. The molecule has 0 fully saturated rings. The number of carbonyl (C=O) groups excluding carboxylic acids is 1. The second-order valence-electron chi connectivity index (χ2n) is 3.77. The summed E-state index contributed by atoms with van der Waals surface area (Å²) in [4.78, 5) is 15.8. The van der Waals surface area contributed by atoms with Gasteiger partial charge in [-0.1, -0.05) is 5.21 Å². The largest absolute Gasteiger partial charge is 0.324 e. The van der Waals surface area contributed by atoms with Crippen LogP contribution < -0.4 is 5.32 Å². The van der Waals surface area contributed by atoms with E-state index in [2.05, 4.69) is 20.6 Å². The van der Waals surface area contributed by atoms with Gasteiger partial charge in [-0.15, -0.1) is 5.10 Å². The molecule has 0 unspecified atom stereocenters. The van der Waals surface area contributed by atoms with E-state index >= 15 is 0 Å².